The summed E-state index contributed by atoms with van der Waals surface area (Å²) in [4.78, 5) is 41.1. The van der Waals surface area contributed by atoms with E-state index >= 15 is 0 Å². The van der Waals surface area contributed by atoms with Gasteiger partial charge in [0.15, 0.2) is 0 Å². The predicted molar refractivity (Wildman–Crippen MR) is 85.4 cm³/mol. The number of imide groups is 1. The van der Waals surface area contributed by atoms with Crippen LogP contribution in [0.15, 0.2) is 54.6 Å². The molecule has 1 heterocycles. The van der Waals surface area contributed by atoms with Gasteiger partial charge >= 0.3 is 6.21 Å². The van der Waals surface area contributed by atoms with E-state index in [0.29, 0.717) is 16.7 Å². The molecule has 0 saturated carbocycles. The normalized spacial score (nSPS) is 14.1. The first kappa shape index (κ1) is 15.5. The van der Waals surface area contributed by atoms with E-state index in [-0.39, 0.29) is 6.42 Å². The first-order valence-corrected chi connectivity index (χ1v) is 7.35. The van der Waals surface area contributed by atoms with Crippen molar-refractivity contribution in [1.29, 1.82) is 0 Å². The van der Waals surface area contributed by atoms with E-state index in [1.807, 2.05) is 0 Å². The highest BCUT2D eigenvalue weighted by Crippen LogP contribution is 2.33. The SMILES string of the molecule is [N-]=[N+]=CC(=O)C[C@@H](c1ccccc1)N1C(=O)c2ccccc2C1=O. The summed E-state index contributed by atoms with van der Waals surface area (Å²) >= 11 is 0. The number of carbonyl (C=O) groups is 3. The fraction of sp³-hybridized carbons (Fsp3) is 0.111. The van der Waals surface area contributed by atoms with Crippen molar-refractivity contribution < 1.29 is 19.2 Å². The largest absolute Gasteiger partial charge is 0.361 e. The topological polar surface area (TPSA) is 90.8 Å². The fourth-order valence-corrected chi connectivity index (χ4v) is 2.83. The van der Waals surface area contributed by atoms with Gasteiger partial charge in [0.25, 0.3) is 11.8 Å². The van der Waals surface area contributed by atoms with Crippen molar-refractivity contribution in [3.8, 4) is 0 Å². The van der Waals surface area contributed by atoms with Crippen LogP contribution in [0.1, 0.15) is 38.7 Å². The van der Waals surface area contributed by atoms with Crippen LogP contribution in [0, 0.1) is 0 Å². The van der Waals surface area contributed by atoms with Gasteiger partial charge in [0, 0.05) is 6.42 Å². The second-order valence-corrected chi connectivity index (χ2v) is 5.37. The van der Waals surface area contributed by atoms with Crippen LogP contribution < -0.4 is 0 Å². The maximum atomic E-state index is 12.7. The van der Waals surface area contributed by atoms with Crippen LogP contribution >= 0.6 is 0 Å². The summed E-state index contributed by atoms with van der Waals surface area (Å²) < 4.78 is 0. The molecule has 0 N–H and O–H groups in total. The number of rotatable bonds is 5. The monoisotopic (exact) mass is 319 g/mol. The lowest BCUT2D eigenvalue weighted by molar-refractivity contribution is -0.116. The minimum atomic E-state index is -0.760. The third-order valence-electron chi connectivity index (χ3n) is 3.92. The van der Waals surface area contributed by atoms with Crippen molar-refractivity contribution in [1.82, 2.24) is 4.90 Å². The van der Waals surface area contributed by atoms with Gasteiger partial charge in [-0.1, -0.05) is 42.5 Å². The number of fused-ring (bicyclic) bond motifs is 1. The molecule has 0 spiro atoms. The molecule has 1 atom stereocenters. The maximum Gasteiger partial charge on any atom is 0.323 e. The second kappa shape index (κ2) is 6.40. The minimum Gasteiger partial charge on any atom is -0.361 e. The lowest BCUT2D eigenvalue weighted by atomic mass is 10.00. The van der Waals surface area contributed by atoms with Gasteiger partial charge in [-0.15, -0.1) is 0 Å². The van der Waals surface area contributed by atoms with Gasteiger partial charge in [-0.25, -0.2) is 0 Å². The average Bonchev–Trinajstić information content (AvgIpc) is 2.86. The van der Waals surface area contributed by atoms with Crippen LogP contribution in [0.4, 0.5) is 0 Å². The molecule has 2 aromatic rings. The average molecular weight is 319 g/mol. The van der Waals surface area contributed by atoms with Crippen molar-refractivity contribution in [3.05, 3.63) is 76.8 Å². The standard InChI is InChI=1S/C18H13N3O3/c19-20-11-13(22)10-16(12-6-2-1-3-7-12)21-17(23)14-8-4-5-9-15(14)18(21)24/h1-9,11,16H,10H2/t16-/m0/s1. The quantitative estimate of drug-likeness (QED) is 0.366. The van der Waals surface area contributed by atoms with Crippen LogP contribution in [-0.2, 0) is 4.79 Å². The van der Waals surface area contributed by atoms with Gasteiger partial charge in [-0.05, 0) is 17.7 Å². The molecule has 0 fully saturated rings. The van der Waals surface area contributed by atoms with E-state index in [2.05, 4.69) is 4.79 Å². The maximum absolute atomic E-state index is 12.7. The van der Waals surface area contributed by atoms with E-state index < -0.39 is 23.6 Å². The first-order valence-electron chi connectivity index (χ1n) is 7.35. The zero-order valence-electron chi connectivity index (χ0n) is 12.6. The number of nitrogens with zero attached hydrogens (tertiary/aromatic N) is 3. The Morgan fingerprint density at radius 3 is 2.08 bits per heavy atom. The van der Waals surface area contributed by atoms with Gasteiger partial charge < -0.3 is 5.53 Å². The lowest BCUT2D eigenvalue weighted by Gasteiger charge is -2.25. The molecule has 24 heavy (non-hydrogen) atoms. The van der Waals surface area contributed by atoms with Crippen molar-refractivity contribution in [2.75, 3.05) is 0 Å². The molecule has 6 heteroatoms. The molecule has 0 saturated heterocycles. The molecule has 0 unspecified atom stereocenters. The number of hydrogen-bond acceptors (Lipinski definition) is 3. The highest BCUT2D eigenvalue weighted by molar-refractivity contribution is 6.26. The van der Waals surface area contributed by atoms with Crippen molar-refractivity contribution in [3.63, 3.8) is 0 Å². The van der Waals surface area contributed by atoms with Gasteiger partial charge in [0.1, 0.15) is 0 Å². The van der Waals surface area contributed by atoms with Gasteiger partial charge in [0.05, 0.1) is 17.2 Å². The Labute approximate surface area is 137 Å². The Morgan fingerprint density at radius 2 is 1.54 bits per heavy atom. The number of benzene rings is 2. The van der Waals surface area contributed by atoms with Gasteiger partial charge in [-0.3, -0.25) is 19.3 Å². The number of ketones is 1. The van der Waals surface area contributed by atoms with Crippen LogP contribution in [0.5, 0.6) is 0 Å². The number of amides is 2. The molecule has 0 bridgehead atoms. The summed E-state index contributed by atoms with van der Waals surface area (Å²) in [6.45, 7) is 0. The van der Waals surface area contributed by atoms with Crippen LogP contribution in [0.2, 0.25) is 0 Å². The van der Waals surface area contributed by atoms with E-state index in [1.54, 1.807) is 54.6 Å². The molecule has 0 aliphatic carbocycles. The number of carbonyl (C=O) groups excluding carboxylic acids is 3. The van der Waals surface area contributed by atoms with Crippen molar-refractivity contribution in [2.24, 2.45) is 0 Å². The third kappa shape index (κ3) is 2.66. The second-order valence-electron chi connectivity index (χ2n) is 5.37. The van der Waals surface area contributed by atoms with E-state index in [9.17, 15) is 14.4 Å². The molecular weight excluding hydrogens is 306 g/mol. The van der Waals surface area contributed by atoms with Crippen molar-refractivity contribution in [2.45, 2.75) is 12.5 Å². The molecule has 118 valence electrons. The summed E-state index contributed by atoms with van der Waals surface area (Å²) in [5, 5.41) is 0. The molecule has 2 aromatic carbocycles. The molecule has 1 aliphatic rings. The Morgan fingerprint density at radius 1 is 1.00 bits per heavy atom. The molecular formula is C18H13N3O3. The fourth-order valence-electron chi connectivity index (χ4n) is 2.83. The number of Topliss-reactive ketones (excluding diaryl/α,β-unsaturated/α-hetero) is 1. The van der Waals surface area contributed by atoms with Crippen LogP contribution in [0.3, 0.4) is 0 Å². The smallest absolute Gasteiger partial charge is 0.323 e. The summed E-state index contributed by atoms with van der Waals surface area (Å²) in [7, 11) is 0. The minimum absolute atomic E-state index is 0.153. The number of hydrogen-bond donors (Lipinski definition) is 0. The molecule has 2 amide bonds. The zero-order valence-corrected chi connectivity index (χ0v) is 12.6. The summed E-state index contributed by atoms with van der Waals surface area (Å²) in [5.41, 5.74) is 9.84. The van der Waals surface area contributed by atoms with Crippen LogP contribution in [0.25, 0.3) is 5.53 Å². The Balaban J connectivity index is 2.04. The van der Waals surface area contributed by atoms with Crippen molar-refractivity contribution >= 4 is 23.8 Å². The first-order chi connectivity index (χ1) is 11.6. The predicted octanol–water partition coefficient (Wildman–Crippen LogP) is 2.28. The highest BCUT2D eigenvalue weighted by Gasteiger charge is 2.41. The molecule has 0 aromatic heterocycles. The molecule has 3 rings (SSSR count). The molecule has 0 radical (unpaired) electrons. The third-order valence-corrected chi connectivity index (χ3v) is 3.92. The molecule has 1 aliphatic heterocycles. The van der Waals surface area contributed by atoms with E-state index in [0.717, 1.165) is 11.1 Å². The summed E-state index contributed by atoms with van der Waals surface area (Å²) in [6, 6.07) is 14.6. The summed E-state index contributed by atoms with van der Waals surface area (Å²) in [5.74, 6) is -1.35. The lowest BCUT2D eigenvalue weighted by Crippen LogP contribution is -2.35. The highest BCUT2D eigenvalue weighted by atomic mass is 16.2. The Bertz CT molecular complexity index is 835. The van der Waals surface area contributed by atoms with Gasteiger partial charge in [-0.2, -0.15) is 4.79 Å². The van der Waals surface area contributed by atoms with E-state index in [4.69, 9.17) is 5.53 Å². The zero-order chi connectivity index (χ0) is 17.1. The van der Waals surface area contributed by atoms with Gasteiger partial charge in [0.2, 0.25) is 5.78 Å². The Hall–Kier alpha value is -3.37. The Kier molecular flexibility index (Phi) is 4.14. The van der Waals surface area contributed by atoms with Crippen LogP contribution in [-0.4, -0.2) is 33.5 Å². The molecule has 6 nitrogen and oxygen atoms in total. The summed E-state index contributed by atoms with van der Waals surface area (Å²) in [6.07, 6.45) is 0.619. The van der Waals surface area contributed by atoms with E-state index in [1.165, 1.54) is 0 Å².